The molecule has 16 heteroatoms. The van der Waals surface area contributed by atoms with Gasteiger partial charge in [-0.25, -0.2) is 24.2 Å². The Morgan fingerprint density at radius 3 is 2.11 bits per heavy atom. The first-order valence-electron chi connectivity index (χ1n) is 10.2. The van der Waals surface area contributed by atoms with Gasteiger partial charge in [0.15, 0.2) is 5.96 Å². The third-order valence-corrected chi connectivity index (χ3v) is 4.25. The van der Waals surface area contributed by atoms with Gasteiger partial charge >= 0.3 is 36.1 Å². The van der Waals surface area contributed by atoms with E-state index >= 15 is 0 Å². The Balaban J connectivity index is 1.91. The monoisotopic (exact) mass is 540 g/mol. The second kappa shape index (κ2) is 12.7. The Labute approximate surface area is 211 Å². The van der Waals surface area contributed by atoms with Crippen LogP contribution in [0.5, 0.6) is 5.75 Å². The van der Waals surface area contributed by atoms with E-state index in [1.807, 2.05) is 0 Å². The van der Waals surface area contributed by atoms with Gasteiger partial charge in [0.1, 0.15) is 18.4 Å². The Morgan fingerprint density at radius 1 is 0.974 bits per heavy atom. The first-order chi connectivity index (χ1) is 17.7. The highest BCUT2D eigenvalue weighted by molar-refractivity contribution is 5.94. The number of ether oxygens (including phenoxy) is 3. The molecule has 0 aliphatic heterocycles. The summed E-state index contributed by atoms with van der Waals surface area (Å²) in [5.41, 5.74) is 11.5. The summed E-state index contributed by atoms with van der Waals surface area (Å²) >= 11 is 0. The molecule has 0 aliphatic carbocycles. The highest BCUT2D eigenvalue weighted by atomic mass is 19.4. The van der Waals surface area contributed by atoms with Crippen LogP contribution in [0.1, 0.15) is 22.3 Å². The van der Waals surface area contributed by atoms with Gasteiger partial charge in [0.05, 0.1) is 17.7 Å². The number of rotatable bonds is 9. The Kier molecular flexibility index (Phi) is 9.72. The highest BCUT2D eigenvalue weighted by Gasteiger charge is 2.43. The van der Waals surface area contributed by atoms with E-state index in [4.69, 9.17) is 26.0 Å². The number of aliphatic carboxylic acids is 1. The number of hydrogen-bond donors (Lipinski definition) is 4. The summed E-state index contributed by atoms with van der Waals surface area (Å²) in [6.07, 6.45) is -8.08. The van der Waals surface area contributed by atoms with Crippen LogP contribution in [-0.2, 0) is 30.5 Å². The van der Waals surface area contributed by atoms with Crippen molar-refractivity contribution in [3.05, 3.63) is 59.7 Å². The molecule has 202 valence electrons. The van der Waals surface area contributed by atoms with Gasteiger partial charge < -0.3 is 36.1 Å². The third kappa shape index (κ3) is 9.48. The molecule has 2 rings (SSSR count). The maximum absolute atomic E-state index is 12.3. The topological polar surface area (TPSA) is 210 Å². The number of carbonyl (C=O) groups excluding carboxylic acids is 4. The maximum atomic E-state index is 12.3. The molecule has 0 heterocycles. The van der Waals surface area contributed by atoms with Gasteiger partial charge in [0.25, 0.3) is 0 Å². The zero-order chi connectivity index (χ0) is 28.5. The van der Waals surface area contributed by atoms with Gasteiger partial charge in [-0.2, -0.15) is 13.2 Å². The second-order valence-electron chi connectivity index (χ2n) is 7.19. The predicted molar refractivity (Wildman–Crippen MR) is 120 cm³/mol. The molecule has 2 aromatic rings. The molecule has 0 saturated heterocycles. The number of alkyl carbamates (subject to hydrolysis) is 1. The number of guanidine groups is 1. The lowest BCUT2D eigenvalue weighted by atomic mass is 10.2. The van der Waals surface area contributed by atoms with Crippen molar-refractivity contribution in [1.82, 2.24) is 5.32 Å². The molecule has 0 saturated carbocycles. The van der Waals surface area contributed by atoms with Crippen LogP contribution >= 0.6 is 0 Å². The summed E-state index contributed by atoms with van der Waals surface area (Å²) in [6.45, 7) is -0.428. The fourth-order valence-corrected chi connectivity index (χ4v) is 2.56. The molecule has 0 spiro atoms. The molecule has 38 heavy (non-hydrogen) atoms. The molecule has 0 fully saturated rings. The lowest BCUT2D eigenvalue weighted by molar-refractivity contribution is -0.202. The number of carboxylic acid groups (broad SMARTS) is 1. The van der Waals surface area contributed by atoms with Crippen LogP contribution in [0.15, 0.2) is 53.5 Å². The molecule has 13 nitrogen and oxygen atoms in total. The zero-order valence-corrected chi connectivity index (χ0v) is 19.1. The fourth-order valence-electron chi connectivity index (χ4n) is 2.56. The van der Waals surface area contributed by atoms with Crippen molar-refractivity contribution in [2.75, 3.05) is 0 Å². The molecular weight excluding hydrogens is 521 g/mol. The number of benzene rings is 2. The Morgan fingerprint density at radius 2 is 1.58 bits per heavy atom. The summed E-state index contributed by atoms with van der Waals surface area (Å²) in [6, 6.07) is 9.29. The minimum absolute atomic E-state index is 0.134. The number of hydrogen-bond acceptors (Lipinski definition) is 9. The molecule has 2 aromatic carbocycles. The van der Waals surface area contributed by atoms with Crippen molar-refractivity contribution in [2.24, 2.45) is 16.5 Å². The minimum Gasteiger partial charge on any atom is -0.481 e. The number of halogens is 3. The molecule has 0 radical (unpaired) electrons. The summed E-state index contributed by atoms with van der Waals surface area (Å²) in [5, 5.41) is 10.5. The van der Waals surface area contributed by atoms with E-state index in [-0.39, 0.29) is 17.3 Å². The number of carboxylic acids is 1. The standard InChI is InChI=1S/C22H19F3N4O9/c23-22(24,25)19(34)38-18(33)15(9-16(30)31)29-21(35)36-10-11-1-7-14(8-2-11)37-17(32)12-3-5-13(6-4-12)28-20(26)27/h1-8,15H,9-10H2,(H,29,35)(H,30,31)(H4,26,27,28)/t15-/m0/s1. The van der Waals surface area contributed by atoms with Crippen molar-refractivity contribution >= 4 is 41.6 Å². The number of carbonyl (C=O) groups is 5. The van der Waals surface area contributed by atoms with Crippen LogP contribution in [0.3, 0.4) is 0 Å². The second-order valence-corrected chi connectivity index (χ2v) is 7.19. The normalized spacial score (nSPS) is 11.4. The molecule has 0 unspecified atom stereocenters. The van der Waals surface area contributed by atoms with Crippen molar-refractivity contribution in [3.8, 4) is 5.75 Å². The maximum Gasteiger partial charge on any atom is 0.491 e. The molecule has 0 aliphatic rings. The van der Waals surface area contributed by atoms with Gasteiger partial charge in [-0.1, -0.05) is 12.1 Å². The van der Waals surface area contributed by atoms with E-state index < -0.39 is 55.2 Å². The number of amides is 1. The van der Waals surface area contributed by atoms with Gasteiger partial charge in [0, 0.05) is 0 Å². The van der Waals surface area contributed by atoms with Crippen molar-refractivity contribution < 1.29 is 56.5 Å². The lowest BCUT2D eigenvalue weighted by Crippen LogP contribution is -2.45. The van der Waals surface area contributed by atoms with Crippen molar-refractivity contribution in [3.63, 3.8) is 0 Å². The third-order valence-electron chi connectivity index (χ3n) is 4.25. The Bertz CT molecular complexity index is 1230. The first-order valence-corrected chi connectivity index (χ1v) is 10.2. The quantitative estimate of drug-likeness (QED) is 0.118. The van der Waals surface area contributed by atoms with E-state index in [2.05, 4.69) is 9.73 Å². The largest absolute Gasteiger partial charge is 0.491 e. The Hall–Kier alpha value is -5.15. The van der Waals surface area contributed by atoms with Crippen LogP contribution in [0.25, 0.3) is 0 Å². The number of nitrogens with two attached hydrogens (primary N) is 2. The van der Waals surface area contributed by atoms with Crippen LogP contribution < -0.4 is 21.5 Å². The average Bonchev–Trinajstić information content (AvgIpc) is 2.82. The number of aliphatic imine (C=N–C) groups is 1. The molecule has 0 bridgehead atoms. The van der Waals surface area contributed by atoms with Crippen LogP contribution in [0, 0.1) is 0 Å². The SMILES string of the molecule is NC(N)=Nc1ccc(C(=O)Oc2ccc(COC(=O)N[C@@H](CC(=O)O)C(=O)OC(=O)C(F)(F)F)cc2)cc1. The van der Waals surface area contributed by atoms with Crippen molar-refractivity contribution in [2.45, 2.75) is 25.2 Å². The van der Waals surface area contributed by atoms with E-state index in [9.17, 15) is 37.1 Å². The molecule has 0 aromatic heterocycles. The number of esters is 3. The van der Waals surface area contributed by atoms with Gasteiger partial charge in [0.2, 0.25) is 0 Å². The first kappa shape index (κ1) is 29.1. The highest BCUT2D eigenvalue weighted by Crippen LogP contribution is 2.18. The number of nitrogens with one attached hydrogen (secondary N) is 1. The van der Waals surface area contributed by atoms with E-state index in [1.165, 1.54) is 48.5 Å². The van der Waals surface area contributed by atoms with Crippen molar-refractivity contribution in [1.29, 1.82) is 0 Å². The van der Waals surface area contributed by atoms with Crippen LogP contribution in [0.2, 0.25) is 0 Å². The zero-order valence-electron chi connectivity index (χ0n) is 19.1. The summed E-state index contributed by atoms with van der Waals surface area (Å²) in [4.78, 5) is 61.3. The fraction of sp³-hybridized carbons (Fsp3) is 0.182. The number of nitrogens with zero attached hydrogens (tertiary/aromatic N) is 1. The molecule has 1 atom stereocenters. The van der Waals surface area contributed by atoms with Crippen LogP contribution in [0.4, 0.5) is 23.7 Å². The lowest BCUT2D eigenvalue weighted by Gasteiger charge is -2.15. The summed E-state index contributed by atoms with van der Waals surface area (Å²) in [5.74, 6) is -7.20. The van der Waals surface area contributed by atoms with Crippen LogP contribution in [-0.4, -0.2) is 53.3 Å². The molecule has 1 amide bonds. The van der Waals surface area contributed by atoms with E-state index in [1.54, 1.807) is 5.32 Å². The van der Waals surface area contributed by atoms with Gasteiger partial charge in [-0.3, -0.25) is 4.79 Å². The molecular formula is C22H19F3N4O9. The average molecular weight is 540 g/mol. The van der Waals surface area contributed by atoms with E-state index in [0.717, 1.165) is 0 Å². The van der Waals surface area contributed by atoms with Gasteiger partial charge in [-0.15, -0.1) is 0 Å². The molecule has 6 N–H and O–H groups in total. The number of alkyl halides is 3. The van der Waals surface area contributed by atoms with E-state index in [0.29, 0.717) is 11.3 Å². The van der Waals surface area contributed by atoms with Gasteiger partial charge in [-0.05, 0) is 42.0 Å². The summed E-state index contributed by atoms with van der Waals surface area (Å²) < 4.78 is 50.3. The smallest absolute Gasteiger partial charge is 0.481 e. The minimum atomic E-state index is -5.51. The summed E-state index contributed by atoms with van der Waals surface area (Å²) in [7, 11) is 0. The predicted octanol–water partition coefficient (Wildman–Crippen LogP) is 1.51.